The molecule has 0 radical (unpaired) electrons. The molecule has 4 aromatic rings. The average Bonchev–Trinajstić information content (AvgIpc) is 3.03. The minimum Gasteiger partial charge on any atom is -0.274 e. The first-order chi connectivity index (χ1) is 11.8. The molecule has 0 aliphatic heterocycles. The first kappa shape index (κ1) is 14.3. The van der Waals surface area contributed by atoms with E-state index >= 15 is 0 Å². The lowest BCUT2D eigenvalue weighted by Crippen LogP contribution is -2.01. The van der Waals surface area contributed by atoms with Crippen LogP contribution in [-0.2, 0) is 0 Å². The Bertz CT molecular complexity index is 1000. The van der Waals surface area contributed by atoms with Gasteiger partial charge in [0.05, 0.1) is 11.0 Å². The van der Waals surface area contributed by atoms with Gasteiger partial charge in [-0.3, -0.25) is 4.57 Å². The second-order valence-corrected chi connectivity index (χ2v) is 5.35. The third-order valence-corrected chi connectivity index (χ3v) is 3.75. The first-order valence-electron chi connectivity index (χ1n) is 7.64. The summed E-state index contributed by atoms with van der Waals surface area (Å²) >= 11 is 0. The van der Waals surface area contributed by atoms with Crippen LogP contribution in [0.3, 0.4) is 0 Å². The fourth-order valence-corrected chi connectivity index (χ4v) is 2.66. The van der Waals surface area contributed by atoms with Crippen molar-refractivity contribution >= 4 is 22.9 Å². The van der Waals surface area contributed by atoms with Gasteiger partial charge in [0.15, 0.2) is 11.7 Å². The SMILES string of the molecule is F/C(=C/c1ccccc1)c1nc2ccccc2n1-c1ccccn1. The number of aromatic nitrogens is 3. The van der Waals surface area contributed by atoms with Gasteiger partial charge in [0.25, 0.3) is 0 Å². The average molecular weight is 315 g/mol. The van der Waals surface area contributed by atoms with Gasteiger partial charge in [0.2, 0.25) is 0 Å². The maximum atomic E-state index is 15.0. The third-order valence-electron chi connectivity index (χ3n) is 3.75. The number of rotatable bonds is 3. The van der Waals surface area contributed by atoms with Crippen LogP contribution >= 0.6 is 0 Å². The Labute approximate surface area is 138 Å². The van der Waals surface area contributed by atoms with Crippen molar-refractivity contribution in [2.24, 2.45) is 0 Å². The number of hydrogen-bond donors (Lipinski definition) is 0. The predicted octanol–water partition coefficient (Wildman–Crippen LogP) is 4.89. The highest BCUT2D eigenvalue weighted by Gasteiger charge is 2.16. The summed E-state index contributed by atoms with van der Waals surface area (Å²) in [5.74, 6) is 0.486. The van der Waals surface area contributed by atoms with Crippen LogP contribution < -0.4 is 0 Å². The molecule has 2 aromatic carbocycles. The van der Waals surface area contributed by atoms with E-state index in [4.69, 9.17) is 0 Å². The van der Waals surface area contributed by atoms with Gasteiger partial charge in [-0.25, -0.2) is 14.4 Å². The number of benzene rings is 2. The molecule has 4 heteroatoms. The molecule has 0 unspecified atom stereocenters. The standard InChI is InChI=1S/C20H14FN3/c21-16(14-15-8-2-1-3-9-15)20-23-17-10-4-5-11-18(17)24(20)19-12-6-7-13-22-19/h1-14H/b16-14+. The van der Waals surface area contributed by atoms with Gasteiger partial charge in [-0.15, -0.1) is 0 Å². The zero-order valence-corrected chi connectivity index (χ0v) is 12.8. The zero-order chi connectivity index (χ0) is 16.4. The molecule has 0 amide bonds. The van der Waals surface area contributed by atoms with Gasteiger partial charge in [-0.05, 0) is 35.9 Å². The van der Waals surface area contributed by atoms with Crippen LogP contribution in [0.1, 0.15) is 11.4 Å². The van der Waals surface area contributed by atoms with Crippen molar-refractivity contribution in [1.82, 2.24) is 14.5 Å². The Morgan fingerprint density at radius 1 is 0.875 bits per heavy atom. The quantitative estimate of drug-likeness (QED) is 0.539. The molecular formula is C20H14FN3. The molecule has 24 heavy (non-hydrogen) atoms. The maximum Gasteiger partial charge on any atom is 0.175 e. The molecule has 0 spiro atoms. The summed E-state index contributed by atoms with van der Waals surface area (Å²) in [5.41, 5.74) is 2.34. The number of para-hydroxylation sites is 2. The second-order valence-electron chi connectivity index (χ2n) is 5.35. The molecule has 2 heterocycles. The highest BCUT2D eigenvalue weighted by atomic mass is 19.1. The summed E-state index contributed by atoms with van der Waals surface area (Å²) in [5, 5.41) is 0. The number of imidazole rings is 1. The summed E-state index contributed by atoms with van der Waals surface area (Å²) in [6, 6.07) is 22.5. The van der Waals surface area contributed by atoms with Crippen molar-refractivity contribution in [2.75, 3.05) is 0 Å². The number of nitrogens with zero attached hydrogens (tertiary/aromatic N) is 3. The highest BCUT2D eigenvalue weighted by Crippen LogP contribution is 2.27. The van der Waals surface area contributed by atoms with Crippen LogP contribution in [0.5, 0.6) is 0 Å². The summed E-state index contributed by atoms with van der Waals surface area (Å²) in [4.78, 5) is 8.82. The minimum atomic E-state index is -0.400. The van der Waals surface area contributed by atoms with Crippen LogP contribution in [0.4, 0.5) is 4.39 Å². The topological polar surface area (TPSA) is 30.7 Å². The van der Waals surface area contributed by atoms with Crippen LogP contribution in [0, 0.1) is 0 Å². The van der Waals surface area contributed by atoms with E-state index in [-0.39, 0.29) is 5.82 Å². The van der Waals surface area contributed by atoms with Gasteiger partial charge < -0.3 is 0 Å². The van der Waals surface area contributed by atoms with E-state index in [0.29, 0.717) is 5.82 Å². The number of pyridine rings is 1. The van der Waals surface area contributed by atoms with Gasteiger partial charge in [0.1, 0.15) is 5.82 Å². The van der Waals surface area contributed by atoms with Crippen molar-refractivity contribution in [3.05, 3.63) is 90.4 Å². The third kappa shape index (κ3) is 2.58. The van der Waals surface area contributed by atoms with E-state index < -0.39 is 5.83 Å². The van der Waals surface area contributed by atoms with Crippen LogP contribution in [0.2, 0.25) is 0 Å². The summed E-state index contributed by atoms with van der Waals surface area (Å²) in [6.07, 6.45) is 3.17. The van der Waals surface area contributed by atoms with Crippen molar-refractivity contribution in [3.63, 3.8) is 0 Å². The van der Waals surface area contributed by atoms with E-state index in [1.165, 1.54) is 6.08 Å². The Hall–Kier alpha value is -3.27. The normalized spacial score (nSPS) is 11.8. The molecule has 0 N–H and O–H groups in total. The number of halogens is 1. The van der Waals surface area contributed by atoms with Crippen molar-refractivity contribution in [3.8, 4) is 5.82 Å². The zero-order valence-electron chi connectivity index (χ0n) is 12.8. The molecule has 3 nitrogen and oxygen atoms in total. The summed E-state index contributed by atoms with van der Waals surface area (Å²) < 4.78 is 16.7. The second kappa shape index (κ2) is 6.08. The molecule has 0 bridgehead atoms. The van der Waals surface area contributed by atoms with E-state index in [1.54, 1.807) is 10.8 Å². The summed E-state index contributed by atoms with van der Waals surface area (Å²) in [7, 11) is 0. The fraction of sp³-hybridized carbons (Fsp3) is 0. The molecule has 0 aliphatic rings. The van der Waals surface area contributed by atoms with Gasteiger partial charge in [0, 0.05) is 6.20 Å². The Balaban J connectivity index is 1.94. The van der Waals surface area contributed by atoms with Gasteiger partial charge >= 0.3 is 0 Å². The maximum absolute atomic E-state index is 15.0. The Morgan fingerprint density at radius 2 is 1.62 bits per heavy atom. The van der Waals surface area contributed by atoms with E-state index in [9.17, 15) is 4.39 Å². The van der Waals surface area contributed by atoms with Gasteiger partial charge in [-0.1, -0.05) is 48.5 Å². The van der Waals surface area contributed by atoms with Crippen LogP contribution in [0.15, 0.2) is 79.0 Å². The molecule has 0 fully saturated rings. The summed E-state index contributed by atoms with van der Waals surface area (Å²) in [6.45, 7) is 0. The molecule has 0 atom stereocenters. The fourth-order valence-electron chi connectivity index (χ4n) is 2.66. The van der Waals surface area contributed by atoms with Crippen LogP contribution in [-0.4, -0.2) is 14.5 Å². The van der Waals surface area contributed by atoms with Crippen LogP contribution in [0.25, 0.3) is 28.8 Å². The molecule has 0 saturated heterocycles. The molecule has 2 aromatic heterocycles. The predicted molar refractivity (Wildman–Crippen MR) is 94.3 cm³/mol. The largest absolute Gasteiger partial charge is 0.274 e. The van der Waals surface area contributed by atoms with E-state index in [0.717, 1.165) is 16.6 Å². The van der Waals surface area contributed by atoms with Gasteiger partial charge in [-0.2, -0.15) is 0 Å². The lowest BCUT2D eigenvalue weighted by atomic mass is 10.2. The monoisotopic (exact) mass is 315 g/mol. The minimum absolute atomic E-state index is 0.249. The number of fused-ring (bicyclic) bond motifs is 1. The number of hydrogen-bond acceptors (Lipinski definition) is 2. The molecule has 0 saturated carbocycles. The lowest BCUT2D eigenvalue weighted by Gasteiger charge is -2.07. The Kier molecular flexibility index (Phi) is 3.63. The molecule has 116 valence electrons. The van der Waals surface area contributed by atoms with E-state index in [1.807, 2.05) is 72.8 Å². The van der Waals surface area contributed by atoms with Crippen molar-refractivity contribution < 1.29 is 4.39 Å². The molecular weight excluding hydrogens is 301 g/mol. The van der Waals surface area contributed by atoms with Crippen molar-refractivity contribution in [1.29, 1.82) is 0 Å². The smallest absolute Gasteiger partial charge is 0.175 e. The van der Waals surface area contributed by atoms with E-state index in [2.05, 4.69) is 9.97 Å². The lowest BCUT2D eigenvalue weighted by molar-refractivity contribution is 0.741. The molecule has 0 aliphatic carbocycles. The van der Waals surface area contributed by atoms with Crippen molar-refractivity contribution in [2.45, 2.75) is 0 Å². The molecule has 4 rings (SSSR count). The first-order valence-corrected chi connectivity index (χ1v) is 7.64. The Morgan fingerprint density at radius 3 is 2.42 bits per heavy atom. The highest BCUT2D eigenvalue weighted by molar-refractivity contribution is 5.84.